The summed E-state index contributed by atoms with van der Waals surface area (Å²) in [6.07, 6.45) is 3.44. The van der Waals surface area contributed by atoms with E-state index in [9.17, 15) is 9.90 Å². The van der Waals surface area contributed by atoms with Crippen LogP contribution in [0.15, 0.2) is 48.7 Å². The van der Waals surface area contributed by atoms with Gasteiger partial charge in [-0.3, -0.25) is 14.7 Å². The molecule has 0 amide bonds. The number of piperidine rings is 1. The number of nitrogens with zero attached hydrogens (tertiary/aromatic N) is 2. The molecule has 5 heteroatoms. The highest BCUT2D eigenvalue weighted by Crippen LogP contribution is 2.25. The van der Waals surface area contributed by atoms with Gasteiger partial charge in [0.15, 0.2) is 0 Å². The molecule has 132 valence electrons. The Hall–Kier alpha value is -2.40. The molecule has 0 spiro atoms. The smallest absolute Gasteiger partial charge is 0.307 e. The van der Waals surface area contributed by atoms with E-state index in [1.165, 1.54) is 0 Å². The maximum absolute atomic E-state index is 11.3. The second-order valence-corrected chi connectivity index (χ2v) is 6.65. The highest BCUT2D eigenvalue weighted by Gasteiger charge is 2.29. The number of rotatable bonds is 6. The number of carbonyl (C=O) groups is 1. The number of aliphatic carboxylic acids is 1. The van der Waals surface area contributed by atoms with Crippen molar-refractivity contribution in [3.63, 3.8) is 0 Å². The lowest BCUT2D eigenvalue weighted by atomic mass is 9.93. The molecule has 1 aromatic carbocycles. The van der Waals surface area contributed by atoms with E-state index in [0.29, 0.717) is 19.2 Å². The van der Waals surface area contributed by atoms with E-state index in [2.05, 4.69) is 22.9 Å². The molecule has 1 aromatic heterocycles. The largest absolute Gasteiger partial charge is 0.487 e. The third kappa shape index (κ3) is 4.79. The summed E-state index contributed by atoms with van der Waals surface area (Å²) < 4.78 is 5.83. The molecule has 2 unspecified atom stereocenters. The molecular formula is C20H24N2O3. The minimum Gasteiger partial charge on any atom is -0.487 e. The molecule has 1 fully saturated rings. The molecule has 2 atom stereocenters. The van der Waals surface area contributed by atoms with Crippen LogP contribution in [0.4, 0.5) is 0 Å². The molecule has 0 bridgehead atoms. The third-order valence-corrected chi connectivity index (χ3v) is 4.76. The van der Waals surface area contributed by atoms with Crippen molar-refractivity contribution in [1.82, 2.24) is 9.88 Å². The minimum atomic E-state index is -0.690. The van der Waals surface area contributed by atoms with Gasteiger partial charge in [0.25, 0.3) is 0 Å². The van der Waals surface area contributed by atoms with Crippen molar-refractivity contribution in [3.05, 3.63) is 59.9 Å². The number of aromatic nitrogens is 1. The number of carboxylic acid groups (broad SMARTS) is 1. The summed E-state index contributed by atoms with van der Waals surface area (Å²) in [5.41, 5.74) is 2.03. The van der Waals surface area contributed by atoms with E-state index in [4.69, 9.17) is 4.74 Å². The average Bonchev–Trinajstić information content (AvgIpc) is 2.63. The summed E-state index contributed by atoms with van der Waals surface area (Å²) in [6.45, 7) is 3.95. The van der Waals surface area contributed by atoms with Crippen LogP contribution in [0.1, 0.15) is 31.0 Å². The van der Waals surface area contributed by atoms with Gasteiger partial charge in [0.05, 0.1) is 11.6 Å². The summed E-state index contributed by atoms with van der Waals surface area (Å²) in [6, 6.07) is 14.2. The lowest BCUT2D eigenvalue weighted by Crippen LogP contribution is -2.43. The normalized spacial score (nSPS) is 21.0. The first kappa shape index (κ1) is 17.4. The Kier molecular flexibility index (Phi) is 5.66. The van der Waals surface area contributed by atoms with Crippen LogP contribution in [0.2, 0.25) is 0 Å². The molecule has 0 saturated carbocycles. The second kappa shape index (κ2) is 8.12. The van der Waals surface area contributed by atoms with Gasteiger partial charge in [-0.2, -0.15) is 0 Å². The van der Waals surface area contributed by atoms with Gasteiger partial charge >= 0.3 is 5.97 Å². The number of ether oxygens (including phenoxy) is 1. The highest BCUT2D eigenvalue weighted by molar-refractivity contribution is 5.70. The fraction of sp³-hybridized carbons (Fsp3) is 0.400. The van der Waals surface area contributed by atoms with Gasteiger partial charge in [0, 0.05) is 25.3 Å². The zero-order chi connectivity index (χ0) is 17.6. The van der Waals surface area contributed by atoms with Crippen LogP contribution >= 0.6 is 0 Å². The molecule has 0 aliphatic carbocycles. The Balaban J connectivity index is 1.61. The number of likely N-dealkylation sites (tertiary alicyclic amines) is 1. The maximum atomic E-state index is 11.3. The molecule has 2 aromatic rings. The van der Waals surface area contributed by atoms with E-state index in [-0.39, 0.29) is 5.92 Å². The van der Waals surface area contributed by atoms with Gasteiger partial charge in [-0.25, -0.2) is 0 Å². The van der Waals surface area contributed by atoms with E-state index in [1.807, 2.05) is 36.4 Å². The molecular weight excluding hydrogens is 316 g/mol. The lowest BCUT2D eigenvalue weighted by molar-refractivity contribution is -0.144. The lowest BCUT2D eigenvalue weighted by Gasteiger charge is -2.36. The van der Waals surface area contributed by atoms with Crippen molar-refractivity contribution in [1.29, 1.82) is 0 Å². The van der Waals surface area contributed by atoms with Crippen LogP contribution in [-0.4, -0.2) is 33.5 Å². The number of pyridine rings is 1. The summed E-state index contributed by atoms with van der Waals surface area (Å²) in [4.78, 5) is 17.8. The quantitative estimate of drug-likeness (QED) is 0.874. The van der Waals surface area contributed by atoms with Crippen LogP contribution in [-0.2, 0) is 17.9 Å². The van der Waals surface area contributed by atoms with Crippen LogP contribution in [0.25, 0.3) is 0 Å². The van der Waals surface area contributed by atoms with Gasteiger partial charge in [-0.15, -0.1) is 0 Å². The van der Waals surface area contributed by atoms with Crippen molar-refractivity contribution < 1.29 is 14.6 Å². The van der Waals surface area contributed by atoms with E-state index < -0.39 is 5.97 Å². The zero-order valence-corrected chi connectivity index (χ0v) is 14.5. The molecule has 0 radical (unpaired) electrons. The van der Waals surface area contributed by atoms with Crippen molar-refractivity contribution in [3.8, 4) is 5.75 Å². The summed E-state index contributed by atoms with van der Waals surface area (Å²) >= 11 is 0. The van der Waals surface area contributed by atoms with Crippen LogP contribution in [0.3, 0.4) is 0 Å². The summed E-state index contributed by atoms with van der Waals surface area (Å²) in [7, 11) is 0. The number of hydrogen-bond donors (Lipinski definition) is 1. The zero-order valence-electron chi connectivity index (χ0n) is 14.5. The Morgan fingerprint density at radius 1 is 1.28 bits per heavy atom. The number of carboxylic acids is 1. The van der Waals surface area contributed by atoms with Gasteiger partial charge in [0.1, 0.15) is 12.4 Å². The first-order valence-corrected chi connectivity index (χ1v) is 8.70. The van der Waals surface area contributed by atoms with Crippen molar-refractivity contribution in [2.75, 3.05) is 6.54 Å². The second-order valence-electron chi connectivity index (χ2n) is 6.65. The maximum Gasteiger partial charge on any atom is 0.307 e. The van der Waals surface area contributed by atoms with Gasteiger partial charge in [0.2, 0.25) is 0 Å². The van der Waals surface area contributed by atoms with Crippen molar-refractivity contribution >= 4 is 5.97 Å². The Bertz CT molecular complexity index is 705. The molecule has 1 N–H and O–H groups in total. The fourth-order valence-electron chi connectivity index (χ4n) is 3.21. The Labute approximate surface area is 148 Å². The standard InChI is InChI=1S/C20H24N2O3/c1-15-8-9-17(20(23)24)13-22(15)12-16-5-4-7-19(11-16)25-14-18-6-2-3-10-21-18/h2-7,10-11,15,17H,8-9,12-14H2,1H3,(H,23,24). The Morgan fingerprint density at radius 3 is 2.92 bits per heavy atom. The monoisotopic (exact) mass is 340 g/mol. The molecule has 3 rings (SSSR count). The van der Waals surface area contributed by atoms with Crippen molar-refractivity contribution in [2.24, 2.45) is 5.92 Å². The predicted octanol–water partition coefficient (Wildman–Crippen LogP) is 3.35. The van der Waals surface area contributed by atoms with Crippen molar-refractivity contribution in [2.45, 2.75) is 39.0 Å². The molecule has 2 heterocycles. The summed E-state index contributed by atoms with van der Waals surface area (Å²) in [5, 5.41) is 9.28. The van der Waals surface area contributed by atoms with Gasteiger partial charge in [-0.05, 0) is 49.6 Å². The summed E-state index contributed by atoms with van der Waals surface area (Å²) in [5.74, 6) is -0.147. The first-order valence-electron chi connectivity index (χ1n) is 8.70. The minimum absolute atomic E-state index is 0.264. The fourth-order valence-corrected chi connectivity index (χ4v) is 3.21. The molecule has 5 nitrogen and oxygen atoms in total. The Morgan fingerprint density at radius 2 is 2.16 bits per heavy atom. The SMILES string of the molecule is CC1CCC(C(=O)O)CN1Cc1cccc(OCc2ccccn2)c1. The average molecular weight is 340 g/mol. The van der Waals surface area contributed by atoms with E-state index in [0.717, 1.165) is 36.4 Å². The number of hydrogen-bond acceptors (Lipinski definition) is 4. The number of benzene rings is 1. The highest BCUT2D eigenvalue weighted by atomic mass is 16.5. The van der Waals surface area contributed by atoms with Gasteiger partial charge < -0.3 is 9.84 Å². The molecule has 1 saturated heterocycles. The van der Waals surface area contributed by atoms with Crippen LogP contribution in [0, 0.1) is 5.92 Å². The predicted molar refractivity (Wildman–Crippen MR) is 95.2 cm³/mol. The molecule has 1 aliphatic heterocycles. The van der Waals surface area contributed by atoms with E-state index in [1.54, 1.807) is 6.20 Å². The van der Waals surface area contributed by atoms with Gasteiger partial charge in [-0.1, -0.05) is 18.2 Å². The first-order chi connectivity index (χ1) is 12.1. The van der Waals surface area contributed by atoms with E-state index >= 15 is 0 Å². The van der Waals surface area contributed by atoms with Crippen LogP contribution < -0.4 is 4.74 Å². The molecule has 1 aliphatic rings. The van der Waals surface area contributed by atoms with Crippen LogP contribution in [0.5, 0.6) is 5.75 Å². The topological polar surface area (TPSA) is 62.7 Å². The third-order valence-electron chi connectivity index (χ3n) is 4.76. The molecule has 25 heavy (non-hydrogen) atoms.